The van der Waals surface area contributed by atoms with Crippen molar-refractivity contribution in [3.05, 3.63) is 54.5 Å². The van der Waals surface area contributed by atoms with Crippen molar-refractivity contribution in [3.63, 3.8) is 0 Å². The summed E-state index contributed by atoms with van der Waals surface area (Å²) >= 11 is 0. The van der Waals surface area contributed by atoms with E-state index >= 15 is 0 Å². The topological polar surface area (TPSA) is 113 Å². The maximum absolute atomic E-state index is 14.7. The number of carbonyl (C=O) groups is 1. The van der Waals surface area contributed by atoms with Crippen LogP contribution in [-0.2, 0) is 0 Å². The Bertz CT molecular complexity index is 1250. The van der Waals surface area contributed by atoms with E-state index in [1.54, 1.807) is 24.3 Å². The number of hydrogen-bond acceptors (Lipinski definition) is 9. The van der Waals surface area contributed by atoms with Crippen LogP contribution in [0.1, 0.15) is 0 Å². The number of carboxylic acid groups (broad SMARTS) is 1. The van der Waals surface area contributed by atoms with Crippen molar-refractivity contribution in [1.29, 1.82) is 0 Å². The van der Waals surface area contributed by atoms with E-state index in [0.29, 0.717) is 18.0 Å². The van der Waals surface area contributed by atoms with Crippen molar-refractivity contribution in [2.75, 3.05) is 70.8 Å². The fourth-order valence-corrected chi connectivity index (χ4v) is 4.01. The van der Waals surface area contributed by atoms with Gasteiger partial charge >= 0.3 is 6.09 Å². The van der Waals surface area contributed by atoms with E-state index in [-0.39, 0.29) is 29.0 Å². The molecule has 2 heterocycles. The van der Waals surface area contributed by atoms with Crippen LogP contribution in [0.4, 0.5) is 32.3 Å². The maximum atomic E-state index is 14.7. The summed E-state index contributed by atoms with van der Waals surface area (Å²) in [6.07, 6.45) is 0.130. The Labute approximate surface area is 220 Å². The number of rotatable bonds is 10. The molecule has 202 valence electrons. The van der Waals surface area contributed by atoms with Crippen LogP contribution in [-0.4, -0.2) is 91.6 Å². The number of ether oxygens (including phenoxy) is 3. The highest BCUT2D eigenvalue weighted by Gasteiger charge is 2.23. The Morgan fingerprint density at radius 2 is 1.87 bits per heavy atom. The first-order chi connectivity index (χ1) is 18.4. The predicted octanol–water partition coefficient (Wildman–Crippen LogP) is 3.82. The van der Waals surface area contributed by atoms with Gasteiger partial charge in [-0.15, -0.1) is 0 Å². The van der Waals surface area contributed by atoms with Gasteiger partial charge in [-0.1, -0.05) is 0 Å². The standard InChI is InChI=1S/C26H31FN6O5/c1-31-10-12-32(13-11-31)14-15-38-22-7-4-18(16-20(22)27)29-25-28-9-8-24(30-25)33(26(34)35)21-6-5-19(36-2)17-23(21)37-3/h4-9,16-17H,10-15H2,1-3H3,(H,34,35)(H,28,29,30). The van der Waals surface area contributed by atoms with E-state index in [1.807, 2.05) is 0 Å². The first-order valence-electron chi connectivity index (χ1n) is 12.1. The van der Waals surface area contributed by atoms with Gasteiger partial charge < -0.3 is 29.5 Å². The predicted molar refractivity (Wildman–Crippen MR) is 141 cm³/mol. The van der Waals surface area contributed by atoms with E-state index in [9.17, 15) is 14.3 Å². The minimum absolute atomic E-state index is 0.0720. The molecule has 0 aliphatic carbocycles. The average molecular weight is 527 g/mol. The summed E-state index contributed by atoms with van der Waals surface area (Å²) in [5, 5.41) is 12.8. The molecule has 1 fully saturated rings. The highest BCUT2D eigenvalue weighted by molar-refractivity contribution is 5.95. The molecule has 12 heteroatoms. The van der Waals surface area contributed by atoms with Crippen molar-refractivity contribution >= 4 is 29.2 Å². The first kappa shape index (κ1) is 26.9. The number of hydrogen-bond donors (Lipinski definition) is 2. The van der Waals surface area contributed by atoms with E-state index in [4.69, 9.17) is 14.2 Å². The number of halogens is 1. The second-order valence-corrected chi connectivity index (χ2v) is 8.66. The summed E-state index contributed by atoms with van der Waals surface area (Å²) in [4.78, 5) is 26.2. The quantitative estimate of drug-likeness (QED) is 0.404. The summed E-state index contributed by atoms with van der Waals surface area (Å²) in [6.45, 7) is 5.07. The van der Waals surface area contributed by atoms with Gasteiger partial charge in [-0.2, -0.15) is 4.98 Å². The van der Waals surface area contributed by atoms with Crippen molar-refractivity contribution < 1.29 is 28.5 Å². The van der Waals surface area contributed by atoms with Crippen molar-refractivity contribution in [3.8, 4) is 17.2 Å². The largest absolute Gasteiger partial charge is 0.497 e. The van der Waals surface area contributed by atoms with Crippen molar-refractivity contribution in [1.82, 2.24) is 19.8 Å². The number of piperazine rings is 1. The second kappa shape index (κ2) is 12.4. The summed E-state index contributed by atoms with van der Waals surface area (Å²) in [6, 6.07) is 10.7. The number of nitrogens with one attached hydrogen (secondary N) is 1. The third-order valence-corrected chi connectivity index (χ3v) is 6.14. The Balaban J connectivity index is 1.44. The van der Waals surface area contributed by atoms with E-state index in [2.05, 4.69) is 32.1 Å². The molecular weight excluding hydrogens is 495 g/mol. The number of amides is 1. The number of benzene rings is 2. The van der Waals surface area contributed by atoms with Gasteiger partial charge in [-0.3, -0.25) is 4.90 Å². The highest BCUT2D eigenvalue weighted by atomic mass is 19.1. The lowest BCUT2D eigenvalue weighted by molar-refractivity contribution is 0.132. The zero-order chi connectivity index (χ0) is 27.1. The van der Waals surface area contributed by atoms with Crippen LogP contribution in [0.5, 0.6) is 17.2 Å². The maximum Gasteiger partial charge on any atom is 0.417 e. The molecule has 0 spiro atoms. The van der Waals surface area contributed by atoms with E-state index in [0.717, 1.165) is 37.6 Å². The Morgan fingerprint density at radius 3 is 2.55 bits per heavy atom. The Morgan fingerprint density at radius 1 is 1.08 bits per heavy atom. The molecule has 1 aliphatic heterocycles. The average Bonchev–Trinajstić information content (AvgIpc) is 2.91. The first-order valence-corrected chi connectivity index (χ1v) is 12.1. The van der Waals surface area contributed by atoms with Gasteiger partial charge in [0.25, 0.3) is 0 Å². The van der Waals surface area contributed by atoms with Gasteiger partial charge in [-0.25, -0.2) is 19.1 Å². The molecule has 0 radical (unpaired) electrons. The van der Waals surface area contributed by atoms with Crippen LogP contribution in [0.2, 0.25) is 0 Å². The molecule has 2 N–H and O–H groups in total. The minimum Gasteiger partial charge on any atom is -0.497 e. The molecule has 0 saturated carbocycles. The summed E-state index contributed by atoms with van der Waals surface area (Å²) in [5.41, 5.74) is 0.629. The fourth-order valence-electron chi connectivity index (χ4n) is 4.01. The van der Waals surface area contributed by atoms with E-state index in [1.165, 1.54) is 38.6 Å². The molecular formula is C26H31FN6O5. The van der Waals surface area contributed by atoms with Crippen LogP contribution >= 0.6 is 0 Å². The molecule has 1 aromatic heterocycles. The molecule has 3 aromatic rings. The molecule has 0 atom stereocenters. The highest BCUT2D eigenvalue weighted by Crippen LogP contribution is 2.36. The monoisotopic (exact) mass is 526 g/mol. The molecule has 1 saturated heterocycles. The van der Waals surface area contributed by atoms with Gasteiger partial charge in [0.1, 0.15) is 23.9 Å². The molecule has 1 aliphatic rings. The fraction of sp³-hybridized carbons (Fsp3) is 0.346. The molecule has 4 rings (SSSR count). The SMILES string of the molecule is COc1ccc(N(C(=O)O)c2ccnc(Nc3ccc(OCCN4CCN(C)CC4)c(F)c3)n2)c(OC)c1. The summed E-state index contributed by atoms with van der Waals surface area (Å²) in [5.74, 6) is 0.578. The number of nitrogens with zero attached hydrogens (tertiary/aromatic N) is 5. The van der Waals surface area contributed by atoms with E-state index < -0.39 is 11.9 Å². The third kappa shape index (κ3) is 6.58. The minimum atomic E-state index is -1.28. The van der Waals surface area contributed by atoms with Gasteiger partial charge in [-0.05, 0) is 31.3 Å². The van der Waals surface area contributed by atoms with Crippen LogP contribution < -0.4 is 24.4 Å². The summed E-state index contributed by atoms with van der Waals surface area (Å²) in [7, 11) is 5.03. The molecule has 0 unspecified atom stereocenters. The van der Waals surface area contributed by atoms with Crippen molar-refractivity contribution in [2.24, 2.45) is 0 Å². The Kier molecular flexibility index (Phi) is 8.77. The number of methoxy groups -OCH3 is 2. The molecule has 11 nitrogen and oxygen atoms in total. The normalized spacial score (nSPS) is 14.1. The van der Waals surface area contributed by atoms with Gasteiger partial charge in [0, 0.05) is 62.8 Å². The van der Waals surface area contributed by atoms with Gasteiger partial charge in [0.15, 0.2) is 11.6 Å². The van der Waals surface area contributed by atoms with Crippen molar-refractivity contribution in [2.45, 2.75) is 0 Å². The smallest absolute Gasteiger partial charge is 0.417 e. The zero-order valence-corrected chi connectivity index (χ0v) is 21.6. The number of aromatic nitrogens is 2. The molecule has 1 amide bonds. The summed E-state index contributed by atoms with van der Waals surface area (Å²) < 4.78 is 30.9. The molecule has 0 bridgehead atoms. The third-order valence-electron chi connectivity index (χ3n) is 6.14. The molecule has 2 aromatic carbocycles. The van der Waals surface area contributed by atoms with Crippen LogP contribution in [0, 0.1) is 5.82 Å². The lowest BCUT2D eigenvalue weighted by Crippen LogP contribution is -2.45. The second-order valence-electron chi connectivity index (χ2n) is 8.66. The lowest BCUT2D eigenvalue weighted by atomic mass is 10.2. The number of anilines is 4. The lowest BCUT2D eigenvalue weighted by Gasteiger charge is -2.32. The Hall–Kier alpha value is -4.16. The van der Waals surface area contributed by atoms with Crippen LogP contribution in [0.3, 0.4) is 0 Å². The van der Waals surface area contributed by atoms with Gasteiger partial charge in [0.2, 0.25) is 5.95 Å². The number of likely N-dealkylation sites (N-methyl/N-ethyl adjacent to an activating group) is 1. The molecule has 38 heavy (non-hydrogen) atoms. The van der Waals surface area contributed by atoms with Crippen LogP contribution in [0.15, 0.2) is 48.7 Å². The van der Waals surface area contributed by atoms with Crippen LogP contribution in [0.25, 0.3) is 0 Å². The zero-order valence-electron chi connectivity index (χ0n) is 21.6. The van der Waals surface area contributed by atoms with Gasteiger partial charge in [0.05, 0.1) is 19.9 Å².